The molecule has 0 radical (unpaired) electrons. The molecule has 0 aromatic heterocycles. The van der Waals surface area contributed by atoms with E-state index in [1.807, 2.05) is 0 Å². The van der Waals surface area contributed by atoms with E-state index < -0.39 is 10.0 Å². The Bertz CT molecular complexity index is 1090. The fourth-order valence-electron chi connectivity index (χ4n) is 2.91. The SMILES string of the molecule is CNC(=O)CSc1cc(NS(=O)(=O)c2ccccc2OC)cc2c1NC(=O)N(C)C2. The molecule has 2 aromatic carbocycles. The molecule has 1 aliphatic heterocycles. The van der Waals surface area contributed by atoms with Crippen molar-refractivity contribution in [3.8, 4) is 5.75 Å². The predicted octanol–water partition coefficient (Wildman–Crippen LogP) is 2.31. The van der Waals surface area contributed by atoms with Crippen LogP contribution in [0.15, 0.2) is 46.2 Å². The zero-order chi connectivity index (χ0) is 21.9. The first-order chi connectivity index (χ1) is 14.2. The number of hydrogen-bond acceptors (Lipinski definition) is 6. The molecule has 160 valence electrons. The van der Waals surface area contributed by atoms with E-state index in [2.05, 4.69) is 15.4 Å². The number of anilines is 2. The number of thioether (sulfide) groups is 1. The number of hydrogen-bond donors (Lipinski definition) is 3. The second-order valence-corrected chi connectivity index (χ2v) is 9.18. The van der Waals surface area contributed by atoms with Gasteiger partial charge in [-0.2, -0.15) is 0 Å². The van der Waals surface area contributed by atoms with Gasteiger partial charge in [-0.25, -0.2) is 13.2 Å². The molecule has 0 atom stereocenters. The lowest BCUT2D eigenvalue weighted by molar-refractivity contribution is -0.118. The van der Waals surface area contributed by atoms with E-state index in [0.717, 1.165) is 5.56 Å². The van der Waals surface area contributed by atoms with Crippen LogP contribution in [-0.4, -0.2) is 52.2 Å². The third kappa shape index (κ3) is 4.62. The highest BCUT2D eigenvalue weighted by Crippen LogP contribution is 2.37. The Kier molecular flexibility index (Phi) is 6.42. The van der Waals surface area contributed by atoms with Gasteiger partial charge in [0.1, 0.15) is 10.6 Å². The zero-order valence-electron chi connectivity index (χ0n) is 16.7. The van der Waals surface area contributed by atoms with Crippen molar-refractivity contribution in [1.82, 2.24) is 10.2 Å². The molecule has 30 heavy (non-hydrogen) atoms. The van der Waals surface area contributed by atoms with Gasteiger partial charge in [-0.05, 0) is 29.8 Å². The van der Waals surface area contributed by atoms with Gasteiger partial charge in [0.2, 0.25) is 5.91 Å². The topological polar surface area (TPSA) is 117 Å². The maximum absolute atomic E-state index is 12.9. The molecule has 9 nitrogen and oxygen atoms in total. The number of benzene rings is 2. The van der Waals surface area contributed by atoms with E-state index in [4.69, 9.17) is 4.74 Å². The summed E-state index contributed by atoms with van der Waals surface area (Å²) in [5.74, 6) is 0.161. The second kappa shape index (κ2) is 8.84. The van der Waals surface area contributed by atoms with Gasteiger partial charge >= 0.3 is 6.03 Å². The van der Waals surface area contributed by atoms with Crippen LogP contribution in [0.25, 0.3) is 0 Å². The Balaban J connectivity index is 1.99. The van der Waals surface area contributed by atoms with E-state index in [9.17, 15) is 18.0 Å². The van der Waals surface area contributed by atoms with Gasteiger partial charge in [-0.15, -0.1) is 11.8 Å². The number of amides is 3. The minimum atomic E-state index is -3.92. The lowest BCUT2D eigenvalue weighted by atomic mass is 10.1. The number of sulfonamides is 1. The van der Waals surface area contributed by atoms with Crippen molar-refractivity contribution in [3.63, 3.8) is 0 Å². The van der Waals surface area contributed by atoms with Crippen LogP contribution in [0.2, 0.25) is 0 Å². The molecule has 0 saturated carbocycles. The van der Waals surface area contributed by atoms with E-state index in [1.54, 1.807) is 37.4 Å². The van der Waals surface area contributed by atoms with Gasteiger partial charge < -0.3 is 20.3 Å². The van der Waals surface area contributed by atoms with Crippen molar-refractivity contribution in [2.75, 3.05) is 37.0 Å². The normalized spacial score (nSPS) is 13.3. The van der Waals surface area contributed by atoms with Crippen molar-refractivity contribution in [2.45, 2.75) is 16.3 Å². The number of nitrogens with zero attached hydrogens (tertiary/aromatic N) is 1. The van der Waals surface area contributed by atoms with Gasteiger partial charge in [0, 0.05) is 25.5 Å². The van der Waals surface area contributed by atoms with Crippen LogP contribution >= 0.6 is 11.8 Å². The number of urea groups is 1. The van der Waals surface area contributed by atoms with Crippen LogP contribution in [0.3, 0.4) is 0 Å². The van der Waals surface area contributed by atoms with Crippen molar-refractivity contribution in [1.29, 1.82) is 0 Å². The van der Waals surface area contributed by atoms with E-state index in [0.29, 0.717) is 22.8 Å². The quantitative estimate of drug-likeness (QED) is 0.558. The van der Waals surface area contributed by atoms with Crippen LogP contribution in [0.5, 0.6) is 5.75 Å². The number of carbonyl (C=O) groups is 2. The molecular formula is C19H22N4O5S2. The molecular weight excluding hydrogens is 428 g/mol. The molecule has 0 fully saturated rings. The van der Waals surface area contributed by atoms with Crippen LogP contribution in [0.1, 0.15) is 5.56 Å². The highest BCUT2D eigenvalue weighted by Gasteiger charge is 2.25. The Morgan fingerprint density at radius 1 is 1.30 bits per heavy atom. The molecule has 1 aliphatic rings. The first-order valence-corrected chi connectivity index (χ1v) is 11.4. The first kappa shape index (κ1) is 21.8. The molecule has 0 bridgehead atoms. The monoisotopic (exact) mass is 450 g/mol. The number of methoxy groups -OCH3 is 1. The first-order valence-electron chi connectivity index (χ1n) is 8.93. The predicted molar refractivity (Wildman–Crippen MR) is 116 cm³/mol. The summed E-state index contributed by atoms with van der Waals surface area (Å²) in [4.78, 5) is 25.8. The zero-order valence-corrected chi connectivity index (χ0v) is 18.3. The Morgan fingerprint density at radius 3 is 2.73 bits per heavy atom. The Hall–Kier alpha value is -2.92. The summed E-state index contributed by atoms with van der Waals surface area (Å²) in [6.07, 6.45) is 0. The minimum absolute atomic E-state index is 0.00945. The van der Waals surface area contributed by atoms with Crippen molar-refractivity contribution >= 4 is 45.1 Å². The summed E-state index contributed by atoms with van der Waals surface area (Å²) in [7, 11) is 0.653. The number of ether oxygens (including phenoxy) is 1. The summed E-state index contributed by atoms with van der Waals surface area (Å²) >= 11 is 1.21. The van der Waals surface area contributed by atoms with Crippen LogP contribution in [0, 0.1) is 0 Å². The highest BCUT2D eigenvalue weighted by molar-refractivity contribution is 8.00. The van der Waals surface area contributed by atoms with E-state index >= 15 is 0 Å². The Labute approximate surface area is 179 Å². The van der Waals surface area contributed by atoms with Crippen molar-refractivity contribution in [2.24, 2.45) is 0 Å². The smallest absolute Gasteiger partial charge is 0.321 e. The average Bonchev–Trinajstić information content (AvgIpc) is 2.72. The largest absolute Gasteiger partial charge is 0.495 e. The highest BCUT2D eigenvalue weighted by atomic mass is 32.2. The summed E-state index contributed by atoms with van der Waals surface area (Å²) in [5, 5.41) is 5.33. The molecule has 0 unspecified atom stereocenters. The van der Waals surface area contributed by atoms with Crippen LogP contribution in [0.4, 0.5) is 16.2 Å². The molecule has 3 rings (SSSR count). The minimum Gasteiger partial charge on any atom is -0.495 e. The fourth-order valence-corrected chi connectivity index (χ4v) is 5.09. The number of rotatable bonds is 7. The second-order valence-electron chi connectivity index (χ2n) is 6.51. The summed E-state index contributed by atoms with van der Waals surface area (Å²) in [6, 6.07) is 9.31. The van der Waals surface area contributed by atoms with Crippen molar-refractivity contribution in [3.05, 3.63) is 42.0 Å². The van der Waals surface area contributed by atoms with E-state index in [-0.39, 0.29) is 28.3 Å². The molecule has 0 aliphatic carbocycles. The third-order valence-electron chi connectivity index (χ3n) is 4.42. The van der Waals surface area contributed by atoms with E-state index in [1.165, 1.54) is 36.9 Å². The summed E-state index contributed by atoms with van der Waals surface area (Å²) in [6.45, 7) is 0.304. The summed E-state index contributed by atoms with van der Waals surface area (Å²) < 4.78 is 33.6. The van der Waals surface area contributed by atoms with Crippen LogP contribution < -0.4 is 20.1 Å². The Morgan fingerprint density at radius 2 is 2.03 bits per heavy atom. The van der Waals surface area contributed by atoms with Gasteiger partial charge in [0.05, 0.1) is 24.2 Å². The maximum Gasteiger partial charge on any atom is 0.321 e. The van der Waals surface area contributed by atoms with Gasteiger partial charge in [0.15, 0.2) is 0 Å². The molecule has 11 heteroatoms. The number of para-hydroxylation sites is 1. The summed E-state index contributed by atoms with van der Waals surface area (Å²) in [5.41, 5.74) is 1.63. The standard InChI is InChI=1S/C19H22N4O5S2/c1-20-17(24)11-29-15-9-13(8-12-10-23(2)19(25)21-18(12)15)22-30(26,27)16-7-5-4-6-14(16)28-3/h4-9,22H,10-11H2,1-3H3,(H,20,24)(H,21,25). The molecule has 1 heterocycles. The molecule has 0 saturated heterocycles. The van der Waals surface area contributed by atoms with Crippen molar-refractivity contribution < 1.29 is 22.7 Å². The maximum atomic E-state index is 12.9. The lowest BCUT2D eigenvalue weighted by Crippen LogP contribution is -2.35. The third-order valence-corrected chi connectivity index (χ3v) is 6.88. The molecule has 2 aromatic rings. The number of fused-ring (bicyclic) bond motifs is 1. The number of nitrogens with one attached hydrogen (secondary N) is 3. The van der Waals surface area contributed by atoms with Gasteiger partial charge in [-0.1, -0.05) is 12.1 Å². The van der Waals surface area contributed by atoms with Crippen LogP contribution in [-0.2, 0) is 21.4 Å². The molecule has 3 amide bonds. The lowest BCUT2D eigenvalue weighted by Gasteiger charge is -2.28. The number of carbonyl (C=O) groups excluding carboxylic acids is 2. The van der Waals surface area contributed by atoms with Gasteiger partial charge in [-0.3, -0.25) is 9.52 Å². The molecule has 3 N–H and O–H groups in total. The average molecular weight is 451 g/mol. The fraction of sp³-hybridized carbons (Fsp3) is 0.263. The molecule has 0 spiro atoms. The van der Waals surface area contributed by atoms with Gasteiger partial charge in [0.25, 0.3) is 10.0 Å².